The minimum Gasteiger partial charge on any atom is -0.490 e. The molecule has 0 amide bonds. The van der Waals surface area contributed by atoms with Crippen LogP contribution in [0.25, 0.3) is 0 Å². The van der Waals surface area contributed by atoms with E-state index in [-0.39, 0.29) is 16.6 Å². The third kappa shape index (κ3) is 2.70. The van der Waals surface area contributed by atoms with Crippen LogP contribution in [0, 0.1) is 5.82 Å². The molecule has 1 aromatic heterocycles. The molecule has 0 radical (unpaired) electrons. The van der Waals surface area contributed by atoms with Crippen molar-refractivity contribution in [2.75, 3.05) is 12.4 Å². The molecule has 0 spiro atoms. The van der Waals surface area contributed by atoms with Crippen molar-refractivity contribution in [1.29, 1.82) is 0 Å². The second-order valence-corrected chi connectivity index (χ2v) is 4.57. The fourth-order valence-corrected chi connectivity index (χ4v) is 1.91. The molecule has 0 saturated heterocycles. The number of ether oxygens (including phenoxy) is 1. The summed E-state index contributed by atoms with van der Waals surface area (Å²) in [6.45, 7) is 0. The van der Waals surface area contributed by atoms with E-state index in [1.807, 2.05) is 0 Å². The Kier molecular flexibility index (Phi) is 3.98. The first kappa shape index (κ1) is 13.0. The van der Waals surface area contributed by atoms with Crippen molar-refractivity contribution in [3.05, 3.63) is 40.0 Å². The lowest BCUT2D eigenvalue weighted by Gasteiger charge is -2.11. The lowest BCUT2D eigenvalue weighted by Crippen LogP contribution is -2.00. The number of benzene rings is 1. The summed E-state index contributed by atoms with van der Waals surface area (Å²) in [7, 11) is 1.44. The average molecular weight is 333 g/mol. The van der Waals surface area contributed by atoms with E-state index in [1.54, 1.807) is 12.1 Å². The number of nitrogens with zero attached hydrogens (tertiary/aromatic N) is 2. The summed E-state index contributed by atoms with van der Waals surface area (Å²) in [5, 5.41) is 2.97. The van der Waals surface area contributed by atoms with Gasteiger partial charge in [0.05, 0.1) is 12.8 Å². The molecule has 18 heavy (non-hydrogen) atoms. The standard InChI is InChI=1S/C11H8BrClFN3O/c1-18-9-10(13)15-5-16-11(9)17-8-4-6(12)2-3-7(8)14/h2-5H,1H3,(H,15,16,17). The highest BCUT2D eigenvalue weighted by Crippen LogP contribution is 2.32. The van der Waals surface area contributed by atoms with Crippen LogP contribution in [0.5, 0.6) is 5.75 Å². The van der Waals surface area contributed by atoms with Gasteiger partial charge in [-0.2, -0.15) is 0 Å². The summed E-state index contributed by atoms with van der Waals surface area (Å²) >= 11 is 9.11. The smallest absolute Gasteiger partial charge is 0.199 e. The zero-order valence-corrected chi connectivity index (χ0v) is 11.6. The molecule has 2 aromatic rings. The van der Waals surface area contributed by atoms with E-state index in [1.165, 1.54) is 19.5 Å². The molecule has 0 unspecified atom stereocenters. The number of hydrogen-bond donors (Lipinski definition) is 1. The number of hydrogen-bond acceptors (Lipinski definition) is 4. The molecule has 0 aliphatic carbocycles. The molecule has 0 atom stereocenters. The number of nitrogens with one attached hydrogen (secondary N) is 1. The van der Waals surface area contributed by atoms with Crippen molar-refractivity contribution in [2.45, 2.75) is 0 Å². The van der Waals surface area contributed by atoms with Crippen LogP contribution < -0.4 is 10.1 Å². The van der Waals surface area contributed by atoms with E-state index in [9.17, 15) is 4.39 Å². The molecule has 1 N–H and O–H groups in total. The third-order valence-corrected chi connectivity index (χ3v) is 2.91. The third-order valence-electron chi connectivity index (χ3n) is 2.15. The van der Waals surface area contributed by atoms with Gasteiger partial charge in [0.2, 0.25) is 0 Å². The van der Waals surface area contributed by atoms with Crippen molar-refractivity contribution in [1.82, 2.24) is 9.97 Å². The summed E-state index contributed by atoms with van der Waals surface area (Å²) in [6.07, 6.45) is 1.27. The van der Waals surface area contributed by atoms with Crippen molar-refractivity contribution in [2.24, 2.45) is 0 Å². The minimum atomic E-state index is -0.407. The van der Waals surface area contributed by atoms with Gasteiger partial charge in [-0.1, -0.05) is 27.5 Å². The molecule has 94 valence electrons. The number of anilines is 2. The van der Waals surface area contributed by atoms with Crippen LogP contribution in [0.4, 0.5) is 15.9 Å². The van der Waals surface area contributed by atoms with Gasteiger partial charge in [0, 0.05) is 4.47 Å². The molecule has 0 fully saturated rings. The van der Waals surface area contributed by atoms with Gasteiger partial charge < -0.3 is 10.1 Å². The highest BCUT2D eigenvalue weighted by Gasteiger charge is 2.12. The zero-order chi connectivity index (χ0) is 13.1. The van der Waals surface area contributed by atoms with Crippen LogP contribution in [0.1, 0.15) is 0 Å². The van der Waals surface area contributed by atoms with Crippen LogP contribution in [0.2, 0.25) is 5.15 Å². The highest BCUT2D eigenvalue weighted by atomic mass is 79.9. The first-order chi connectivity index (χ1) is 8.61. The predicted molar refractivity (Wildman–Crippen MR) is 71.0 cm³/mol. The van der Waals surface area contributed by atoms with Crippen molar-refractivity contribution >= 4 is 39.0 Å². The van der Waals surface area contributed by atoms with E-state index in [0.717, 1.165) is 4.47 Å². The Balaban J connectivity index is 2.40. The van der Waals surface area contributed by atoms with Crippen LogP contribution in [0.3, 0.4) is 0 Å². The normalized spacial score (nSPS) is 10.2. The molecule has 7 heteroatoms. The van der Waals surface area contributed by atoms with Crippen molar-refractivity contribution in [3.63, 3.8) is 0 Å². The van der Waals surface area contributed by atoms with Crippen molar-refractivity contribution in [3.8, 4) is 5.75 Å². The van der Waals surface area contributed by atoms with Gasteiger partial charge in [-0.3, -0.25) is 0 Å². The molecule has 0 saturated carbocycles. The topological polar surface area (TPSA) is 47.0 Å². The van der Waals surface area contributed by atoms with Crippen LogP contribution in [-0.2, 0) is 0 Å². The SMILES string of the molecule is COc1c(Cl)ncnc1Nc1cc(Br)ccc1F. The Labute approximate surface area is 116 Å². The minimum absolute atomic E-state index is 0.158. The molecule has 0 aliphatic rings. The summed E-state index contributed by atoms with van der Waals surface area (Å²) in [5.74, 6) is 0.156. The quantitative estimate of drug-likeness (QED) is 0.869. The molecule has 4 nitrogen and oxygen atoms in total. The molecule has 0 aliphatic heterocycles. The maximum Gasteiger partial charge on any atom is 0.199 e. The largest absolute Gasteiger partial charge is 0.490 e. The van der Waals surface area contributed by atoms with Gasteiger partial charge in [-0.05, 0) is 18.2 Å². The average Bonchev–Trinajstić information content (AvgIpc) is 2.34. The van der Waals surface area contributed by atoms with Gasteiger partial charge in [0.25, 0.3) is 0 Å². The molecular weight excluding hydrogens is 324 g/mol. The summed E-state index contributed by atoms with van der Waals surface area (Å²) in [5.41, 5.74) is 0.262. The molecule has 1 aromatic carbocycles. The Hall–Kier alpha value is -1.40. The van der Waals surface area contributed by atoms with Crippen molar-refractivity contribution < 1.29 is 9.13 Å². The lowest BCUT2D eigenvalue weighted by atomic mass is 10.3. The van der Waals surface area contributed by atoms with E-state index in [4.69, 9.17) is 16.3 Å². The van der Waals surface area contributed by atoms with Crippen LogP contribution in [0.15, 0.2) is 29.0 Å². The second-order valence-electron chi connectivity index (χ2n) is 3.30. The molecule has 1 heterocycles. The van der Waals surface area contributed by atoms with Gasteiger partial charge in [0.1, 0.15) is 12.1 Å². The Morgan fingerprint density at radius 2 is 2.17 bits per heavy atom. The molecular formula is C11H8BrClFN3O. The number of rotatable bonds is 3. The summed E-state index contributed by atoms with van der Waals surface area (Å²) in [6, 6.07) is 4.52. The highest BCUT2D eigenvalue weighted by molar-refractivity contribution is 9.10. The Morgan fingerprint density at radius 3 is 2.89 bits per heavy atom. The Morgan fingerprint density at radius 1 is 1.39 bits per heavy atom. The van der Waals surface area contributed by atoms with Gasteiger partial charge >= 0.3 is 0 Å². The predicted octanol–water partition coefficient (Wildman–Crippen LogP) is 3.78. The summed E-state index contributed by atoms with van der Waals surface area (Å²) in [4.78, 5) is 7.74. The van der Waals surface area contributed by atoms with E-state index < -0.39 is 5.82 Å². The fraction of sp³-hybridized carbons (Fsp3) is 0.0909. The van der Waals surface area contributed by atoms with Gasteiger partial charge in [-0.15, -0.1) is 0 Å². The number of halogens is 3. The van der Waals surface area contributed by atoms with E-state index in [2.05, 4.69) is 31.2 Å². The maximum absolute atomic E-state index is 13.6. The monoisotopic (exact) mass is 331 g/mol. The zero-order valence-electron chi connectivity index (χ0n) is 9.25. The van der Waals surface area contributed by atoms with E-state index in [0.29, 0.717) is 5.82 Å². The number of aromatic nitrogens is 2. The second kappa shape index (κ2) is 5.49. The van der Waals surface area contributed by atoms with Crippen LogP contribution >= 0.6 is 27.5 Å². The maximum atomic E-state index is 13.6. The number of methoxy groups -OCH3 is 1. The first-order valence-corrected chi connectivity index (χ1v) is 6.05. The molecule has 0 bridgehead atoms. The fourth-order valence-electron chi connectivity index (χ4n) is 1.34. The lowest BCUT2D eigenvalue weighted by molar-refractivity contribution is 0.413. The van der Waals surface area contributed by atoms with Gasteiger partial charge in [-0.25, -0.2) is 14.4 Å². The van der Waals surface area contributed by atoms with Crippen LogP contribution in [-0.4, -0.2) is 17.1 Å². The van der Waals surface area contributed by atoms with Gasteiger partial charge in [0.15, 0.2) is 16.7 Å². The summed E-state index contributed by atoms with van der Waals surface area (Å²) < 4.78 is 19.4. The molecule has 2 rings (SSSR count). The van der Waals surface area contributed by atoms with E-state index >= 15 is 0 Å². The Bertz CT molecular complexity index is 582. The first-order valence-electron chi connectivity index (χ1n) is 4.88.